The number of hydrogen-bond acceptors (Lipinski definition) is 1. The zero-order valence-electron chi connectivity index (χ0n) is 1.56. The molecule has 4 heteroatoms. The van der Waals surface area contributed by atoms with Gasteiger partial charge in [0.25, 0.3) is 0 Å². The molecule has 0 aliphatic carbocycles. The van der Waals surface area contributed by atoms with Crippen molar-refractivity contribution in [1.29, 1.82) is 0 Å². The number of rotatable bonds is 0. The first-order valence-corrected chi connectivity index (χ1v) is 1.49. The molecule has 0 aromatic carbocycles. The van der Waals surface area contributed by atoms with Crippen molar-refractivity contribution in [2.45, 2.75) is 0 Å². The van der Waals surface area contributed by atoms with Gasteiger partial charge in [-0.1, -0.05) is 0 Å². The molecule has 0 heterocycles. The summed E-state index contributed by atoms with van der Waals surface area (Å²) in [5, 5.41) is 0. The third-order valence-corrected chi connectivity index (χ3v) is 0. The Morgan fingerprint density at radius 3 is 1.25 bits per heavy atom. The Bertz CT molecular complexity index is 8.00. The molecule has 0 unspecified atom stereocenters. The van der Waals surface area contributed by atoms with E-state index in [2.05, 4.69) is 0 Å². The summed E-state index contributed by atoms with van der Waals surface area (Å²) < 4.78 is 8.36. The quantitative estimate of drug-likeness (QED) is 0.395. The van der Waals surface area contributed by atoms with Gasteiger partial charge < -0.3 is 0 Å². The van der Waals surface area contributed by atoms with Crippen LogP contribution < -0.4 is 0 Å². The summed E-state index contributed by atoms with van der Waals surface area (Å²) in [6, 6.07) is 0. The molecule has 0 aliphatic rings. The maximum atomic E-state index is 8.36. The van der Waals surface area contributed by atoms with Gasteiger partial charge in [-0.2, -0.15) is 0 Å². The van der Waals surface area contributed by atoms with Gasteiger partial charge in [-0.15, -0.1) is 0 Å². The maximum absolute atomic E-state index is 8.36. The van der Waals surface area contributed by atoms with Crippen LogP contribution >= 0.6 is 0 Å². The second-order valence-electron chi connectivity index (χ2n) is 0. The van der Waals surface area contributed by atoms with Crippen molar-refractivity contribution >= 4 is 49.3 Å². The van der Waals surface area contributed by atoms with Crippen LogP contribution in [0.5, 0.6) is 0 Å². The van der Waals surface area contributed by atoms with Crippen LogP contribution in [0, 0.1) is 0 Å². The molecule has 0 N–H and O–H groups in total. The van der Waals surface area contributed by atoms with Gasteiger partial charge in [-0.25, -0.2) is 0 Å². The molecule has 0 radical (unpaired) electrons. The van der Waals surface area contributed by atoms with E-state index in [-0.39, 0.29) is 70.3 Å². The van der Waals surface area contributed by atoms with Crippen molar-refractivity contribution in [3.05, 3.63) is 0 Å². The first-order valence-electron chi connectivity index (χ1n) is 0.183. The van der Waals surface area contributed by atoms with Gasteiger partial charge in [0, 0.05) is 0 Å². The van der Waals surface area contributed by atoms with E-state index in [0.717, 1.165) is 0 Å². The molecular weight excluding hydrogens is 430 g/mol. The van der Waals surface area contributed by atoms with E-state index in [1.54, 1.807) is 0 Å². The summed E-state index contributed by atoms with van der Waals surface area (Å²) in [6.45, 7) is 0. The van der Waals surface area contributed by atoms with Crippen LogP contribution in [-0.4, -0.2) is 49.3 Å². The molecule has 0 aromatic heterocycles. The first-order chi connectivity index (χ1) is 1.00. The first kappa shape index (κ1) is 16.4. The SMILES string of the molecule is [BiH3].[MgH2].[O]=[Ta]. The molecule has 0 rings (SSSR count). The third kappa shape index (κ3) is 8.89. The normalized spacial score (nSPS) is 0.750. The van der Waals surface area contributed by atoms with Crippen molar-refractivity contribution in [2.24, 2.45) is 0 Å². The molecule has 4 heavy (non-hydrogen) atoms. The van der Waals surface area contributed by atoms with Crippen molar-refractivity contribution in [1.82, 2.24) is 0 Å². The molecule has 0 saturated heterocycles. The predicted molar refractivity (Wildman–Crippen MR) is 19.2 cm³/mol. The van der Waals surface area contributed by atoms with Gasteiger partial charge in [0.05, 0.1) is 0 Å². The van der Waals surface area contributed by atoms with Crippen molar-refractivity contribution in [3.8, 4) is 0 Å². The van der Waals surface area contributed by atoms with E-state index < -0.39 is 0 Å². The van der Waals surface area contributed by atoms with Crippen LogP contribution in [0.25, 0.3) is 0 Å². The van der Waals surface area contributed by atoms with Crippen LogP contribution in [-0.2, 0) is 24.3 Å². The fourth-order valence-corrected chi connectivity index (χ4v) is 0. The summed E-state index contributed by atoms with van der Waals surface area (Å²) in [5.41, 5.74) is 0. The van der Waals surface area contributed by atoms with Crippen LogP contribution in [0.3, 0.4) is 0 Å². The van der Waals surface area contributed by atoms with Crippen LogP contribution in [0.15, 0.2) is 0 Å². The predicted octanol–water partition coefficient (Wildman–Crippen LogP) is -2.22. The zero-order valence-corrected chi connectivity index (χ0v) is 10.3. The Morgan fingerprint density at radius 1 is 1.25 bits per heavy atom. The Labute approximate surface area is 72.4 Å². The van der Waals surface area contributed by atoms with Crippen LogP contribution in [0.2, 0.25) is 0 Å². The van der Waals surface area contributed by atoms with E-state index >= 15 is 0 Å². The summed E-state index contributed by atoms with van der Waals surface area (Å²) in [7, 11) is 0. The zero-order chi connectivity index (χ0) is 2.00. The average molecular weight is 435 g/mol. The van der Waals surface area contributed by atoms with Gasteiger partial charge in [0.2, 0.25) is 0 Å². The summed E-state index contributed by atoms with van der Waals surface area (Å²) in [4.78, 5) is 0. The van der Waals surface area contributed by atoms with E-state index in [4.69, 9.17) is 3.25 Å². The second-order valence-corrected chi connectivity index (χ2v) is 0. The second kappa shape index (κ2) is 19.0. The minimum absolute atomic E-state index is 0. The molecule has 0 atom stereocenters. The van der Waals surface area contributed by atoms with Gasteiger partial charge in [0.15, 0.2) is 0 Å². The Balaban J connectivity index is -0.00000000500. The summed E-state index contributed by atoms with van der Waals surface area (Å²) in [6.07, 6.45) is 0. The molecule has 1 nitrogen and oxygen atoms in total. The van der Waals surface area contributed by atoms with E-state index in [9.17, 15) is 0 Å². The Morgan fingerprint density at radius 2 is 1.25 bits per heavy atom. The standard InChI is InChI=1S/Bi.Mg.O.Ta.5H. The topological polar surface area (TPSA) is 17.1 Å². The van der Waals surface area contributed by atoms with Crippen molar-refractivity contribution < 1.29 is 24.3 Å². The van der Waals surface area contributed by atoms with Crippen LogP contribution in [0.4, 0.5) is 0 Å². The van der Waals surface area contributed by atoms with Crippen molar-refractivity contribution in [3.63, 3.8) is 0 Å². The molecule has 0 bridgehead atoms. The van der Waals surface area contributed by atoms with E-state index in [1.165, 1.54) is 0 Å². The molecule has 0 amide bonds. The Hall–Kier alpha value is 2.19. The fraction of sp³-hybridized carbons (Fsp3) is 0. The van der Waals surface area contributed by atoms with Gasteiger partial charge in [-0.05, 0) is 0 Å². The monoisotopic (exact) mass is 435 g/mol. The molecule has 0 aliphatic heterocycles. The average Bonchev–Trinajstić information content (AvgIpc) is 1.00. The Kier molecular flexibility index (Phi) is 77.8. The van der Waals surface area contributed by atoms with E-state index in [1.807, 2.05) is 0 Å². The van der Waals surface area contributed by atoms with Gasteiger partial charge in [0.1, 0.15) is 0 Å². The molecule has 0 spiro atoms. The van der Waals surface area contributed by atoms with E-state index in [0.29, 0.717) is 0 Å². The third-order valence-electron chi connectivity index (χ3n) is 0. The summed E-state index contributed by atoms with van der Waals surface area (Å²) in [5.74, 6) is 0. The molecule has 0 aromatic rings. The van der Waals surface area contributed by atoms with Crippen molar-refractivity contribution in [2.75, 3.05) is 0 Å². The fourth-order valence-electron chi connectivity index (χ4n) is 0. The molecule has 23 valence electrons. The molecule has 0 saturated carbocycles. The van der Waals surface area contributed by atoms with Gasteiger partial charge in [-0.3, -0.25) is 0 Å². The molecular formula is H5BiMgOTa. The number of hydrogen-bond donors (Lipinski definition) is 0. The van der Waals surface area contributed by atoms with Gasteiger partial charge >= 0.3 is 73.5 Å². The summed E-state index contributed by atoms with van der Waals surface area (Å²) >= 11 is 0.194. The van der Waals surface area contributed by atoms with Crippen LogP contribution in [0.1, 0.15) is 0 Å². The minimum atomic E-state index is 0. The molecule has 0 fully saturated rings.